The number of anilines is 1. The molecule has 4 N–H and O–H groups in total. The normalized spacial score (nSPS) is 23.9. The zero-order valence-corrected chi connectivity index (χ0v) is 14.5. The van der Waals surface area contributed by atoms with Crippen LogP contribution in [0.5, 0.6) is 0 Å². The Labute approximate surface area is 150 Å². The fraction of sp³-hybridized carbons (Fsp3) is 0.444. The molecule has 0 bridgehead atoms. The molecule has 140 valence electrons. The molecule has 0 spiro atoms. The Kier molecular flexibility index (Phi) is 5.67. The Morgan fingerprint density at radius 3 is 2.81 bits per heavy atom. The lowest BCUT2D eigenvalue weighted by atomic mass is 10.1. The first-order valence-corrected chi connectivity index (χ1v) is 8.48. The number of rotatable bonds is 6. The van der Waals surface area contributed by atoms with Gasteiger partial charge in [0, 0.05) is 18.2 Å². The van der Waals surface area contributed by atoms with E-state index in [0.29, 0.717) is 5.56 Å². The van der Waals surface area contributed by atoms with Crippen molar-refractivity contribution < 1.29 is 19.7 Å². The summed E-state index contributed by atoms with van der Waals surface area (Å²) < 4.78 is 12.7. The van der Waals surface area contributed by atoms with E-state index in [4.69, 9.17) is 15.2 Å². The average Bonchev–Trinajstić information content (AvgIpc) is 3.02. The molecule has 3 rings (SSSR count). The topological polar surface area (TPSA) is 120 Å². The van der Waals surface area contributed by atoms with Crippen LogP contribution in [0.1, 0.15) is 36.8 Å². The van der Waals surface area contributed by atoms with Crippen LogP contribution in [0, 0.1) is 0 Å². The summed E-state index contributed by atoms with van der Waals surface area (Å²) in [6.45, 7) is 1.78. The summed E-state index contributed by atoms with van der Waals surface area (Å²) in [6, 6.07) is 9.74. The monoisotopic (exact) mass is 361 g/mol. The lowest BCUT2D eigenvalue weighted by Crippen LogP contribution is -2.29. The van der Waals surface area contributed by atoms with E-state index in [-0.39, 0.29) is 31.6 Å². The van der Waals surface area contributed by atoms with Gasteiger partial charge in [-0.15, -0.1) is 0 Å². The largest absolute Gasteiger partial charge is 0.394 e. The van der Waals surface area contributed by atoms with E-state index < -0.39 is 24.1 Å². The summed E-state index contributed by atoms with van der Waals surface area (Å²) >= 11 is 0. The van der Waals surface area contributed by atoms with E-state index in [0.717, 1.165) is 5.56 Å². The molecular formula is C18H23N3O5. The Bertz CT molecular complexity index is 795. The molecule has 4 atom stereocenters. The molecule has 1 saturated heterocycles. The van der Waals surface area contributed by atoms with Crippen LogP contribution in [0.3, 0.4) is 0 Å². The lowest BCUT2D eigenvalue weighted by Gasteiger charge is -2.18. The summed E-state index contributed by atoms with van der Waals surface area (Å²) in [7, 11) is 0. The molecule has 26 heavy (non-hydrogen) atoms. The van der Waals surface area contributed by atoms with Crippen LogP contribution < -0.4 is 11.4 Å². The van der Waals surface area contributed by atoms with Crippen molar-refractivity contribution in [3.63, 3.8) is 0 Å². The van der Waals surface area contributed by atoms with Gasteiger partial charge in [-0.1, -0.05) is 30.3 Å². The Balaban J connectivity index is 1.75. The molecule has 0 amide bonds. The van der Waals surface area contributed by atoms with Crippen LogP contribution in [0.25, 0.3) is 0 Å². The number of ether oxygens (including phenoxy) is 2. The van der Waals surface area contributed by atoms with Crippen molar-refractivity contribution in [2.75, 3.05) is 12.3 Å². The van der Waals surface area contributed by atoms with Gasteiger partial charge >= 0.3 is 5.69 Å². The van der Waals surface area contributed by atoms with Crippen LogP contribution in [0.2, 0.25) is 0 Å². The maximum atomic E-state index is 12.1. The second-order valence-electron chi connectivity index (χ2n) is 6.32. The van der Waals surface area contributed by atoms with E-state index in [1.165, 1.54) is 4.57 Å². The third kappa shape index (κ3) is 3.94. The quantitative estimate of drug-likeness (QED) is 0.694. The van der Waals surface area contributed by atoms with E-state index in [1.54, 1.807) is 6.20 Å². The standard InChI is InChI=1S/C18H23N3O5/c1-11(12-5-3-2-4-6-12)25-10-13-8-21(18(24)20-17(13)19)16-7-14(23)15(9-22)26-16/h2-6,8,11,14-16,22-23H,7,9-10H2,1H3,(H2,19,20,24)/t11?,14-,15-,16-/m1/s1. The number of benzene rings is 1. The van der Waals surface area contributed by atoms with Crippen LogP contribution in [-0.4, -0.2) is 38.6 Å². The molecule has 0 radical (unpaired) electrons. The molecular weight excluding hydrogens is 338 g/mol. The Morgan fingerprint density at radius 2 is 2.15 bits per heavy atom. The van der Waals surface area contributed by atoms with Gasteiger partial charge in [0.2, 0.25) is 0 Å². The number of nitrogens with zero attached hydrogens (tertiary/aromatic N) is 2. The van der Waals surface area contributed by atoms with Crippen molar-refractivity contribution in [1.82, 2.24) is 9.55 Å². The van der Waals surface area contributed by atoms with Gasteiger partial charge in [-0.2, -0.15) is 4.98 Å². The maximum absolute atomic E-state index is 12.1. The smallest absolute Gasteiger partial charge is 0.351 e. The molecule has 1 aromatic carbocycles. The average molecular weight is 361 g/mol. The van der Waals surface area contributed by atoms with Crippen molar-refractivity contribution in [3.8, 4) is 0 Å². The molecule has 2 aromatic rings. The zero-order valence-electron chi connectivity index (χ0n) is 14.5. The molecule has 1 unspecified atom stereocenters. The fourth-order valence-electron chi connectivity index (χ4n) is 2.92. The van der Waals surface area contributed by atoms with E-state index in [1.807, 2.05) is 37.3 Å². The number of nitrogens with two attached hydrogens (primary N) is 1. The highest BCUT2D eigenvalue weighted by Gasteiger charge is 2.35. The van der Waals surface area contributed by atoms with Gasteiger partial charge in [-0.25, -0.2) is 4.79 Å². The molecule has 0 saturated carbocycles. The van der Waals surface area contributed by atoms with Gasteiger partial charge < -0.3 is 25.4 Å². The molecule has 1 aliphatic rings. The second kappa shape index (κ2) is 7.96. The number of aliphatic hydroxyl groups excluding tert-OH is 2. The fourth-order valence-corrected chi connectivity index (χ4v) is 2.92. The summed E-state index contributed by atoms with van der Waals surface area (Å²) in [5, 5.41) is 19.1. The zero-order chi connectivity index (χ0) is 18.7. The van der Waals surface area contributed by atoms with Gasteiger partial charge in [0.1, 0.15) is 18.1 Å². The third-order valence-electron chi connectivity index (χ3n) is 4.51. The summed E-state index contributed by atoms with van der Waals surface area (Å²) in [6.07, 6.45) is -0.682. The summed E-state index contributed by atoms with van der Waals surface area (Å²) in [5.41, 5.74) is 6.87. The number of aliphatic hydroxyl groups is 2. The van der Waals surface area contributed by atoms with Gasteiger partial charge in [0.25, 0.3) is 0 Å². The van der Waals surface area contributed by atoms with Crippen molar-refractivity contribution in [3.05, 3.63) is 58.1 Å². The first-order chi connectivity index (χ1) is 12.5. The molecule has 1 fully saturated rings. The molecule has 0 aliphatic carbocycles. The highest BCUT2D eigenvalue weighted by atomic mass is 16.5. The highest BCUT2D eigenvalue weighted by molar-refractivity contribution is 5.36. The predicted molar refractivity (Wildman–Crippen MR) is 94.2 cm³/mol. The van der Waals surface area contributed by atoms with Crippen LogP contribution >= 0.6 is 0 Å². The van der Waals surface area contributed by atoms with Crippen molar-refractivity contribution >= 4 is 5.82 Å². The number of hydrogen-bond acceptors (Lipinski definition) is 7. The number of aromatic nitrogens is 2. The Hall–Kier alpha value is -2.26. The molecule has 2 heterocycles. The van der Waals surface area contributed by atoms with Crippen molar-refractivity contribution in [2.24, 2.45) is 0 Å². The van der Waals surface area contributed by atoms with Gasteiger partial charge in [-0.05, 0) is 12.5 Å². The summed E-state index contributed by atoms with van der Waals surface area (Å²) in [4.78, 5) is 16.0. The highest BCUT2D eigenvalue weighted by Crippen LogP contribution is 2.28. The molecule has 1 aromatic heterocycles. The molecule has 1 aliphatic heterocycles. The first kappa shape index (κ1) is 18.5. The summed E-state index contributed by atoms with van der Waals surface area (Å²) in [5.74, 6) is 0.101. The van der Waals surface area contributed by atoms with Crippen LogP contribution in [0.4, 0.5) is 5.82 Å². The van der Waals surface area contributed by atoms with Gasteiger partial charge in [0.05, 0.1) is 25.4 Å². The second-order valence-corrected chi connectivity index (χ2v) is 6.32. The lowest BCUT2D eigenvalue weighted by molar-refractivity contribution is -0.0461. The minimum absolute atomic E-state index is 0.101. The van der Waals surface area contributed by atoms with Crippen molar-refractivity contribution in [1.29, 1.82) is 0 Å². The first-order valence-electron chi connectivity index (χ1n) is 8.48. The van der Waals surface area contributed by atoms with E-state index in [2.05, 4.69) is 4.98 Å². The number of hydrogen-bond donors (Lipinski definition) is 3. The van der Waals surface area contributed by atoms with E-state index >= 15 is 0 Å². The third-order valence-corrected chi connectivity index (χ3v) is 4.51. The minimum Gasteiger partial charge on any atom is -0.394 e. The molecule has 8 heteroatoms. The molecule has 8 nitrogen and oxygen atoms in total. The predicted octanol–water partition coefficient (Wildman–Crippen LogP) is 0.744. The van der Waals surface area contributed by atoms with Gasteiger partial charge in [-0.3, -0.25) is 4.57 Å². The number of nitrogen functional groups attached to an aromatic ring is 1. The van der Waals surface area contributed by atoms with Crippen LogP contribution in [0.15, 0.2) is 41.3 Å². The van der Waals surface area contributed by atoms with E-state index in [9.17, 15) is 15.0 Å². The maximum Gasteiger partial charge on any atom is 0.351 e. The van der Waals surface area contributed by atoms with Gasteiger partial charge in [0.15, 0.2) is 0 Å². The SMILES string of the molecule is CC(OCc1cn([C@H]2C[C@@H](O)[C@@H](CO)O2)c(=O)nc1N)c1ccccc1. The minimum atomic E-state index is -0.841. The Morgan fingerprint density at radius 1 is 1.42 bits per heavy atom. The van der Waals surface area contributed by atoms with Crippen LogP contribution in [-0.2, 0) is 16.1 Å². The van der Waals surface area contributed by atoms with Crippen molar-refractivity contribution in [2.45, 2.75) is 44.5 Å².